The van der Waals surface area contributed by atoms with Gasteiger partial charge in [-0.05, 0) is 38.8 Å². The van der Waals surface area contributed by atoms with Crippen LogP contribution < -0.4 is 0 Å². The van der Waals surface area contributed by atoms with Crippen molar-refractivity contribution in [3.05, 3.63) is 58.3 Å². The van der Waals surface area contributed by atoms with E-state index in [-0.39, 0.29) is 14.9 Å². The largest absolute Gasteiger partial charge is 0.152 e. The Morgan fingerprint density at radius 1 is 0.667 bits per heavy atom. The number of hydrogen-bond donors (Lipinski definition) is 0. The second-order valence-electron chi connectivity index (χ2n) is 6.88. The van der Waals surface area contributed by atoms with Crippen LogP contribution in [0.15, 0.2) is 47.2 Å². The van der Waals surface area contributed by atoms with Crippen LogP contribution in [-0.2, 0) is 10.8 Å². The number of benzene rings is 1. The van der Waals surface area contributed by atoms with Crippen LogP contribution in [0.25, 0.3) is 0 Å². The van der Waals surface area contributed by atoms with E-state index in [1.807, 2.05) is 0 Å². The second kappa shape index (κ2) is 9.04. The van der Waals surface area contributed by atoms with Crippen molar-refractivity contribution in [3.8, 4) is 0 Å². The Hall–Kier alpha value is -1.08. The lowest BCUT2D eigenvalue weighted by Gasteiger charge is -2.18. The van der Waals surface area contributed by atoms with Crippen LogP contribution in [0.1, 0.15) is 67.5 Å². The van der Waals surface area contributed by atoms with Crippen molar-refractivity contribution in [1.82, 2.24) is 0 Å². The molecule has 0 fully saturated rings. The van der Waals surface area contributed by atoms with E-state index in [0.29, 0.717) is 10.8 Å². The molecule has 2 rings (SSSR count). The zero-order valence-corrected chi connectivity index (χ0v) is 13.8. The first-order valence-corrected chi connectivity index (χ1v) is 7.74. The first-order valence-electron chi connectivity index (χ1n) is 6.79. The number of rotatable bonds is 0. The summed E-state index contributed by atoms with van der Waals surface area (Å²) in [5.41, 5.74) is 3.46. The predicted octanol–water partition coefficient (Wildman–Crippen LogP) is 7.30. The van der Waals surface area contributed by atoms with Gasteiger partial charge in [0.05, 0.1) is 0 Å². The third-order valence-electron chi connectivity index (χ3n) is 3.03. The summed E-state index contributed by atoms with van der Waals surface area (Å²) in [7, 11) is 0. The maximum Gasteiger partial charge on any atom is -0.00559 e. The highest BCUT2D eigenvalue weighted by atomic mass is 32.1. The van der Waals surface area contributed by atoms with Crippen molar-refractivity contribution >= 4 is 11.3 Å². The minimum absolute atomic E-state index is 0. The Morgan fingerprint density at radius 2 is 1.14 bits per heavy atom. The van der Waals surface area contributed by atoms with Crippen molar-refractivity contribution in [2.75, 3.05) is 0 Å². The molecule has 0 aliphatic heterocycles. The van der Waals surface area contributed by atoms with E-state index < -0.39 is 0 Å². The summed E-state index contributed by atoms with van der Waals surface area (Å²) in [5, 5.41) is 4.33. The summed E-state index contributed by atoms with van der Waals surface area (Å²) in [6.07, 6.45) is 0. The van der Waals surface area contributed by atoms with Crippen LogP contribution >= 0.6 is 11.3 Å². The number of thiophene rings is 1. The first kappa shape index (κ1) is 22.2. The van der Waals surface area contributed by atoms with E-state index in [0.717, 1.165) is 0 Å². The first-order chi connectivity index (χ1) is 8.71. The number of hydrogen-bond acceptors (Lipinski definition) is 1. The summed E-state index contributed by atoms with van der Waals surface area (Å²) < 4.78 is 0. The molecule has 0 saturated carbocycles. The quantitative estimate of drug-likeness (QED) is 0.479. The molecule has 21 heavy (non-hydrogen) atoms. The highest BCUT2D eigenvalue weighted by Crippen LogP contribution is 2.23. The van der Waals surface area contributed by atoms with E-state index in [1.54, 1.807) is 11.3 Å². The molecule has 0 spiro atoms. The maximum atomic E-state index is 2.23. The van der Waals surface area contributed by atoms with Crippen molar-refractivity contribution in [2.24, 2.45) is 0 Å². The minimum atomic E-state index is 0. The van der Waals surface area contributed by atoms with Gasteiger partial charge in [-0.25, -0.2) is 0 Å². The van der Waals surface area contributed by atoms with Gasteiger partial charge in [-0.1, -0.05) is 86.7 Å². The van der Waals surface area contributed by atoms with Gasteiger partial charge < -0.3 is 0 Å². The topological polar surface area (TPSA) is 0 Å². The lowest BCUT2D eigenvalue weighted by atomic mass is 9.87. The minimum Gasteiger partial charge on any atom is -0.152 e. The summed E-state index contributed by atoms with van der Waals surface area (Å²) in [5.74, 6) is 0. The van der Waals surface area contributed by atoms with Gasteiger partial charge in [0.2, 0.25) is 0 Å². The second-order valence-corrected chi connectivity index (χ2v) is 7.66. The summed E-state index contributed by atoms with van der Waals surface area (Å²) in [4.78, 5) is 0. The molecule has 0 atom stereocenters. The van der Waals surface area contributed by atoms with E-state index >= 15 is 0 Å². The van der Waals surface area contributed by atoms with Crippen molar-refractivity contribution in [2.45, 2.75) is 67.2 Å². The Balaban J connectivity index is 0. The fraction of sp³-hybridized carbons (Fsp3) is 0.500. The normalized spacial score (nSPS) is 10.6. The molecule has 0 aliphatic carbocycles. The highest BCUT2D eigenvalue weighted by Gasteiger charge is 2.12. The lowest BCUT2D eigenvalue weighted by Crippen LogP contribution is -2.10. The molecule has 0 radical (unpaired) electrons. The summed E-state index contributed by atoms with van der Waals surface area (Å²) >= 11 is 1.77. The zero-order valence-electron chi connectivity index (χ0n) is 13.0. The molecule has 0 nitrogen and oxygen atoms in total. The Morgan fingerprint density at radius 3 is 1.38 bits per heavy atom. The van der Waals surface area contributed by atoms with Crippen LogP contribution in [0.4, 0.5) is 0 Å². The molecular formula is C20H34S. The van der Waals surface area contributed by atoms with Gasteiger partial charge in [-0.3, -0.25) is 0 Å². The third kappa shape index (κ3) is 8.06. The van der Waals surface area contributed by atoms with E-state index in [2.05, 4.69) is 88.7 Å². The zero-order chi connectivity index (χ0) is 14.5. The SMILES string of the molecule is C.C.CC(C)(C)c1ccccc1.CC(C)(C)c1ccsc1. The molecule has 0 N–H and O–H groups in total. The van der Waals surface area contributed by atoms with Gasteiger partial charge in [-0.2, -0.15) is 11.3 Å². The van der Waals surface area contributed by atoms with Crippen LogP contribution in [0, 0.1) is 0 Å². The molecule has 0 amide bonds. The summed E-state index contributed by atoms with van der Waals surface area (Å²) in [6.45, 7) is 13.4. The fourth-order valence-corrected chi connectivity index (χ4v) is 2.51. The van der Waals surface area contributed by atoms with Gasteiger partial charge in [-0.15, -0.1) is 0 Å². The predicted molar refractivity (Wildman–Crippen MR) is 102 cm³/mol. The average Bonchev–Trinajstić information content (AvgIpc) is 2.83. The monoisotopic (exact) mass is 306 g/mol. The van der Waals surface area contributed by atoms with E-state index in [4.69, 9.17) is 0 Å². The van der Waals surface area contributed by atoms with Gasteiger partial charge in [0.15, 0.2) is 0 Å². The van der Waals surface area contributed by atoms with Crippen LogP contribution in [0.3, 0.4) is 0 Å². The summed E-state index contributed by atoms with van der Waals surface area (Å²) in [6, 6.07) is 12.7. The molecule has 120 valence electrons. The molecule has 1 heteroatoms. The standard InChI is InChI=1S/C10H14.C8H12S.2CH4/c1-10(2,3)9-7-5-4-6-8-9;1-8(2,3)7-4-5-9-6-7;;/h4-8H,1-3H3;4-6H,1-3H3;2*1H4. The van der Waals surface area contributed by atoms with Crippen molar-refractivity contribution < 1.29 is 0 Å². The molecular weight excluding hydrogens is 272 g/mol. The van der Waals surface area contributed by atoms with E-state index in [9.17, 15) is 0 Å². The Kier molecular flexibility index (Phi) is 9.56. The average molecular weight is 307 g/mol. The molecule has 1 heterocycles. The Labute approximate surface area is 137 Å². The highest BCUT2D eigenvalue weighted by molar-refractivity contribution is 7.08. The molecule has 0 unspecified atom stereocenters. The molecule has 0 aliphatic rings. The molecule has 2 aromatic rings. The van der Waals surface area contributed by atoms with Crippen LogP contribution in [0.2, 0.25) is 0 Å². The van der Waals surface area contributed by atoms with Crippen molar-refractivity contribution in [3.63, 3.8) is 0 Å². The molecule has 0 bridgehead atoms. The van der Waals surface area contributed by atoms with Crippen LogP contribution in [0.5, 0.6) is 0 Å². The van der Waals surface area contributed by atoms with E-state index in [1.165, 1.54) is 11.1 Å². The molecule has 1 aromatic carbocycles. The third-order valence-corrected chi connectivity index (χ3v) is 3.71. The smallest absolute Gasteiger partial charge is 0.00559 e. The fourth-order valence-electron chi connectivity index (χ4n) is 1.63. The Bertz CT molecular complexity index is 453. The maximum absolute atomic E-state index is 2.23. The van der Waals surface area contributed by atoms with Gasteiger partial charge in [0.25, 0.3) is 0 Å². The van der Waals surface area contributed by atoms with Crippen molar-refractivity contribution in [1.29, 1.82) is 0 Å². The lowest BCUT2D eigenvalue weighted by molar-refractivity contribution is 0.590. The van der Waals surface area contributed by atoms with Gasteiger partial charge in [0, 0.05) is 0 Å². The van der Waals surface area contributed by atoms with Gasteiger partial charge >= 0.3 is 0 Å². The van der Waals surface area contributed by atoms with Gasteiger partial charge in [0.1, 0.15) is 0 Å². The van der Waals surface area contributed by atoms with Crippen LogP contribution in [-0.4, -0.2) is 0 Å². The molecule has 0 saturated heterocycles. The molecule has 1 aromatic heterocycles.